The second-order valence-corrected chi connectivity index (χ2v) is 6.99. The lowest BCUT2D eigenvalue weighted by Crippen LogP contribution is -2.33. The fourth-order valence-electron chi connectivity index (χ4n) is 3.12. The average Bonchev–Trinajstić information content (AvgIpc) is 3.50. The Morgan fingerprint density at radius 3 is 2.69 bits per heavy atom. The van der Waals surface area contributed by atoms with Crippen molar-refractivity contribution in [3.63, 3.8) is 0 Å². The van der Waals surface area contributed by atoms with Crippen molar-refractivity contribution in [1.82, 2.24) is 10.3 Å². The van der Waals surface area contributed by atoms with E-state index in [0.29, 0.717) is 16.7 Å². The van der Waals surface area contributed by atoms with Gasteiger partial charge >= 0.3 is 0 Å². The molecule has 2 aromatic carbocycles. The zero-order chi connectivity index (χ0) is 17.9. The van der Waals surface area contributed by atoms with Gasteiger partial charge in [0.15, 0.2) is 6.61 Å². The summed E-state index contributed by atoms with van der Waals surface area (Å²) in [6.07, 6.45) is 3.97. The molecule has 3 aromatic rings. The summed E-state index contributed by atoms with van der Waals surface area (Å²) in [6.45, 7) is -0.0352. The lowest BCUT2D eigenvalue weighted by molar-refractivity contribution is -0.124. The molecule has 0 radical (unpaired) electrons. The van der Waals surface area contributed by atoms with Crippen molar-refractivity contribution in [2.75, 3.05) is 6.61 Å². The minimum Gasteiger partial charge on any atom is -0.481 e. The Labute approximate surface area is 157 Å². The molecule has 5 heteroatoms. The third-order valence-electron chi connectivity index (χ3n) is 4.59. The highest BCUT2D eigenvalue weighted by atomic mass is 35.5. The van der Waals surface area contributed by atoms with Gasteiger partial charge in [0.25, 0.3) is 5.91 Å². The summed E-state index contributed by atoms with van der Waals surface area (Å²) in [5, 5.41) is 4.79. The van der Waals surface area contributed by atoms with Crippen LogP contribution in [0.15, 0.2) is 60.8 Å². The first-order valence-electron chi connectivity index (χ1n) is 8.72. The van der Waals surface area contributed by atoms with E-state index in [-0.39, 0.29) is 18.6 Å². The lowest BCUT2D eigenvalue weighted by atomic mass is 10.0. The van der Waals surface area contributed by atoms with Gasteiger partial charge in [-0.05, 0) is 48.6 Å². The van der Waals surface area contributed by atoms with Crippen LogP contribution in [0.25, 0.3) is 10.9 Å². The topological polar surface area (TPSA) is 51.2 Å². The summed E-state index contributed by atoms with van der Waals surface area (Å²) < 4.78 is 5.74. The molecule has 0 aliphatic heterocycles. The number of ether oxygens (including phenoxy) is 1. The predicted octanol–water partition coefficient (Wildman–Crippen LogP) is 4.53. The number of rotatable bonds is 6. The van der Waals surface area contributed by atoms with Gasteiger partial charge < -0.3 is 10.1 Å². The van der Waals surface area contributed by atoms with Gasteiger partial charge in [-0.1, -0.05) is 41.9 Å². The average molecular weight is 367 g/mol. The third-order valence-corrected chi connectivity index (χ3v) is 4.85. The number of pyridine rings is 1. The molecule has 4 rings (SSSR count). The minimum atomic E-state index is -0.134. The summed E-state index contributed by atoms with van der Waals surface area (Å²) >= 11 is 5.97. The van der Waals surface area contributed by atoms with Gasteiger partial charge in [0, 0.05) is 16.6 Å². The van der Waals surface area contributed by atoms with Crippen LogP contribution >= 0.6 is 11.6 Å². The number of aromatic nitrogens is 1. The van der Waals surface area contributed by atoms with Gasteiger partial charge in [0.1, 0.15) is 11.3 Å². The van der Waals surface area contributed by atoms with Crippen LogP contribution in [0.1, 0.15) is 24.4 Å². The zero-order valence-corrected chi connectivity index (χ0v) is 14.9. The van der Waals surface area contributed by atoms with Crippen LogP contribution in [0, 0.1) is 5.92 Å². The van der Waals surface area contributed by atoms with E-state index in [9.17, 15) is 4.79 Å². The molecule has 1 aromatic heterocycles. The summed E-state index contributed by atoms with van der Waals surface area (Å²) in [5.41, 5.74) is 1.84. The highest BCUT2D eigenvalue weighted by Crippen LogP contribution is 2.41. The predicted molar refractivity (Wildman–Crippen MR) is 102 cm³/mol. The number of carbonyl (C=O) groups is 1. The molecule has 1 aliphatic rings. The number of para-hydroxylation sites is 1. The highest BCUT2D eigenvalue weighted by Gasteiger charge is 2.33. The first-order chi connectivity index (χ1) is 12.7. The highest BCUT2D eigenvalue weighted by molar-refractivity contribution is 6.30. The van der Waals surface area contributed by atoms with E-state index in [2.05, 4.69) is 10.3 Å². The molecule has 0 spiro atoms. The Morgan fingerprint density at radius 1 is 1.15 bits per heavy atom. The second-order valence-electron chi connectivity index (χ2n) is 6.55. The molecule has 1 N–H and O–H groups in total. The van der Waals surface area contributed by atoms with Crippen molar-refractivity contribution >= 4 is 28.4 Å². The lowest BCUT2D eigenvalue weighted by Gasteiger charge is -2.19. The van der Waals surface area contributed by atoms with Crippen molar-refractivity contribution < 1.29 is 9.53 Å². The number of nitrogens with zero attached hydrogens (tertiary/aromatic N) is 1. The maximum Gasteiger partial charge on any atom is 0.258 e. The van der Waals surface area contributed by atoms with Gasteiger partial charge in [-0.25, -0.2) is 0 Å². The normalized spacial score (nSPS) is 14.8. The molecule has 0 bridgehead atoms. The Kier molecular flexibility index (Phi) is 4.76. The van der Waals surface area contributed by atoms with E-state index in [1.807, 2.05) is 54.6 Å². The number of carbonyl (C=O) groups excluding carboxylic acids is 1. The number of amides is 1. The fourth-order valence-corrected chi connectivity index (χ4v) is 3.25. The van der Waals surface area contributed by atoms with Crippen molar-refractivity contribution in [1.29, 1.82) is 0 Å². The molecule has 26 heavy (non-hydrogen) atoms. The maximum absolute atomic E-state index is 12.5. The molecule has 132 valence electrons. The van der Waals surface area contributed by atoms with E-state index in [1.54, 1.807) is 6.20 Å². The number of nitrogens with one attached hydrogen (secondary N) is 1. The molecular weight excluding hydrogens is 348 g/mol. The number of hydrogen-bond donors (Lipinski definition) is 1. The molecule has 1 aliphatic carbocycles. The molecule has 1 amide bonds. The van der Waals surface area contributed by atoms with Crippen LogP contribution in [0.2, 0.25) is 5.02 Å². The molecule has 1 atom stereocenters. The van der Waals surface area contributed by atoms with Crippen molar-refractivity contribution in [3.05, 3.63) is 71.4 Å². The largest absolute Gasteiger partial charge is 0.481 e. The quantitative estimate of drug-likeness (QED) is 0.697. The summed E-state index contributed by atoms with van der Waals surface area (Å²) in [5.74, 6) is 0.969. The fraction of sp³-hybridized carbons (Fsp3) is 0.238. The number of halogens is 1. The molecule has 1 unspecified atom stereocenters. The van der Waals surface area contributed by atoms with Crippen LogP contribution in [-0.4, -0.2) is 17.5 Å². The third kappa shape index (κ3) is 3.81. The van der Waals surface area contributed by atoms with E-state index in [1.165, 1.54) is 0 Å². The van der Waals surface area contributed by atoms with Crippen LogP contribution in [0.5, 0.6) is 5.75 Å². The molecular formula is C21H19ClN2O2. The SMILES string of the molecule is O=C(COc1cccc2cccnc12)NC(c1ccc(Cl)cc1)C1CC1. The van der Waals surface area contributed by atoms with Crippen LogP contribution in [-0.2, 0) is 4.79 Å². The van der Waals surface area contributed by atoms with Crippen molar-refractivity contribution in [2.45, 2.75) is 18.9 Å². The van der Waals surface area contributed by atoms with Crippen LogP contribution < -0.4 is 10.1 Å². The van der Waals surface area contributed by atoms with Crippen LogP contribution in [0.3, 0.4) is 0 Å². The zero-order valence-electron chi connectivity index (χ0n) is 14.2. The van der Waals surface area contributed by atoms with Crippen molar-refractivity contribution in [3.8, 4) is 5.75 Å². The maximum atomic E-state index is 12.5. The first kappa shape index (κ1) is 16.9. The number of benzene rings is 2. The molecule has 1 heterocycles. The Balaban J connectivity index is 1.43. The van der Waals surface area contributed by atoms with Gasteiger partial charge in [0.2, 0.25) is 0 Å². The smallest absolute Gasteiger partial charge is 0.258 e. The van der Waals surface area contributed by atoms with E-state index >= 15 is 0 Å². The summed E-state index contributed by atoms with van der Waals surface area (Å²) in [4.78, 5) is 16.8. The number of hydrogen-bond acceptors (Lipinski definition) is 3. The molecule has 1 fully saturated rings. The minimum absolute atomic E-state index is 0.00834. The van der Waals surface area contributed by atoms with Gasteiger partial charge in [-0.15, -0.1) is 0 Å². The summed E-state index contributed by atoms with van der Waals surface area (Å²) in [6, 6.07) is 17.2. The van der Waals surface area contributed by atoms with Crippen molar-refractivity contribution in [2.24, 2.45) is 5.92 Å². The Morgan fingerprint density at radius 2 is 1.92 bits per heavy atom. The van der Waals surface area contributed by atoms with Gasteiger partial charge in [-0.2, -0.15) is 0 Å². The van der Waals surface area contributed by atoms with Gasteiger partial charge in [-0.3, -0.25) is 9.78 Å². The number of fused-ring (bicyclic) bond motifs is 1. The van der Waals surface area contributed by atoms with E-state index in [4.69, 9.17) is 16.3 Å². The monoisotopic (exact) mass is 366 g/mol. The van der Waals surface area contributed by atoms with E-state index in [0.717, 1.165) is 29.3 Å². The Hall–Kier alpha value is -2.59. The first-order valence-corrected chi connectivity index (χ1v) is 9.10. The molecule has 1 saturated carbocycles. The van der Waals surface area contributed by atoms with Crippen LogP contribution in [0.4, 0.5) is 0 Å². The molecule has 0 saturated heterocycles. The van der Waals surface area contributed by atoms with Gasteiger partial charge in [0.05, 0.1) is 6.04 Å². The van der Waals surface area contributed by atoms with E-state index < -0.39 is 0 Å². The standard InChI is InChI=1S/C21H19ClN2O2/c22-17-10-8-16(9-11-17)20(15-6-7-15)24-19(25)13-26-18-5-1-3-14-4-2-12-23-21(14)18/h1-5,8-12,15,20H,6-7,13H2,(H,24,25). The summed E-state index contributed by atoms with van der Waals surface area (Å²) in [7, 11) is 0. The second kappa shape index (κ2) is 7.34. The molecule has 4 nitrogen and oxygen atoms in total. The Bertz CT molecular complexity index is 917.